The van der Waals surface area contributed by atoms with Crippen LogP contribution in [0.5, 0.6) is 0 Å². The predicted molar refractivity (Wildman–Crippen MR) is 81.4 cm³/mol. The molecule has 0 saturated heterocycles. The lowest BCUT2D eigenvalue weighted by atomic mass is 10.3. The molecule has 21 heavy (non-hydrogen) atoms. The second-order valence-corrected chi connectivity index (χ2v) is 4.90. The minimum Gasteiger partial charge on any atom is -0.373 e. The van der Waals surface area contributed by atoms with E-state index >= 15 is 0 Å². The summed E-state index contributed by atoms with van der Waals surface area (Å²) in [6.07, 6.45) is 1.30. The molecular weight excluding hydrogens is 290 g/mol. The molecule has 0 aliphatic rings. The minimum absolute atomic E-state index is 0.147. The van der Waals surface area contributed by atoms with Crippen LogP contribution in [0.3, 0.4) is 0 Å². The van der Waals surface area contributed by atoms with Crippen molar-refractivity contribution >= 4 is 30.7 Å². The first kappa shape index (κ1) is 13.7. The van der Waals surface area contributed by atoms with E-state index < -0.39 is 11.2 Å². The second-order valence-electron chi connectivity index (χ2n) is 4.47. The Kier molecular flexibility index (Phi) is 3.21. The van der Waals surface area contributed by atoms with Crippen molar-refractivity contribution in [3.8, 4) is 5.69 Å². The van der Waals surface area contributed by atoms with Crippen LogP contribution in [0.25, 0.3) is 16.9 Å². The van der Waals surface area contributed by atoms with Crippen LogP contribution in [0.1, 0.15) is 6.92 Å². The Bertz CT molecular complexity index is 940. The summed E-state index contributed by atoms with van der Waals surface area (Å²) < 4.78 is 3.63. The fraction of sp³-hybridized carbons (Fsp3) is 0.154. The molecule has 0 fully saturated rings. The number of hydrogen-bond donors (Lipinski definition) is 0. The van der Waals surface area contributed by atoms with Gasteiger partial charge in [-0.3, -0.25) is 9.36 Å². The molecule has 0 saturated carbocycles. The van der Waals surface area contributed by atoms with Gasteiger partial charge in [-0.05, 0) is 31.2 Å². The summed E-state index contributed by atoms with van der Waals surface area (Å²) in [6.45, 7) is 1.97. The maximum atomic E-state index is 12.6. The molecule has 104 valence electrons. The van der Waals surface area contributed by atoms with Gasteiger partial charge in [-0.2, -0.15) is 0 Å². The van der Waals surface area contributed by atoms with Gasteiger partial charge in [-0.15, -0.1) is 0 Å². The van der Waals surface area contributed by atoms with Crippen molar-refractivity contribution in [2.75, 3.05) is 0 Å². The predicted octanol–water partition coefficient (Wildman–Crippen LogP) is 0.954. The number of halogens is 1. The summed E-state index contributed by atoms with van der Waals surface area (Å²) in [5, 5.41) is 0.549. The Morgan fingerprint density at radius 2 is 1.90 bits per heavy atom. The highest BCUT2D eigenvalue weighted by atomic mass is 35.5. The van der Waals surface area contributed by atoms with Gasteiger partial charge in [0.25, 0.3) is 5.56 Å². The van der Waals surface area contributed by atoms with Crippen molar-refractivity contribution in [3.63, 3.8) is 0 Å². The summed E-state index contributed by atoms with van der Waals surface area (Å²) in [6, 6.07) is 6.68. The van der Waals surface area contributed by atoms with Crippen LogP contribution in [0.2, 0.25) is 5.02 Å². The average Bonchev–Trinajstić information content (AvgIpc) is 2.84. The normalized spacial score (nSPS) is 11.1. The molecule has 8 heteroatoms. The van der Waals surface area contributed by atoms with Crippen LogP contribution in [0.4, 0.5) is 0 Å². The monoisotopic (exact) mass is 300 g/mol. The first-order chi connectivity index (χ1) is 10.0. The van der Waals surface area contributed by atoms with Gasteiger partial charge in [-0.25, -0.2) is 14.3 Å². The zero-order chi connectivity index (χ0) is 15.1. The van der Waals surface area contributed by atoms with E-state index in [4.69, 9.17) is 19.6 Å². The average molecular weight is 301 g/mol. The van der Waals surface area contributed by atoms with E-state index in [0.717, 1.165) is 9.05 Å². The summed E-state index contributed by atoms with van der Waals surface area (Å²) in [7, 11) is 5.79. The molecule has 3 rings (SSSR count). The number of fused-ring (bicyclic) bond motifs is 1. The van der Waals surface area contributed by atoms with Crippen molar-refractivity contribution in [1.82, 2.24) is 18.6 Å². The van der Waals surface area contributed by atoms with E-state index in [2.05, 4.69) is 4.98 Å². The van der Waals surface area contributed by atoms with Gasteiger partial charge in [0.15, 0.2) is 5.52 Å². The van der Waals surface area contributed by atoms with E-state index in [1.54, 1.807) is 31.2 Å². The van der Waals surface area contributed by atoms with Crippen molar-refractivity contribution in [2.24, 2.45) is 0 Å². The molecule has 0 unspecified atom stereocenters. The van der Waals surface area contributed by atoms with Crippen molar-refractivity contribution in [1.29, 1.82) is 0 Å². The SMILES string of the molecule is [B]n1cnc2c(=O)n(CC)c(=O)n(-c3ccc(Cl)cc3)c21. The van der Waals surface area contributed by atoms with Gasteiger partial charge in [0.1, 0.15) is 5.65 Å². The molecule has 1 aromatic carbocycles. The molecule has 3 aromatic rings. The zero-order valence-electron chi connectivity index (χ0n) is 11.2. The lowest BCUT2D eigenvalue weighted by Gasteiger charge is -2.12. The Morgan fingerprint density at radius 1 is 1.24 bits per heavy atom. The van der Waals surface area contributed by atoms with Gasteiger partial charge in [0, 0.05) is 11.6 Å². The first-order valence-corrected chi connectivity index (χ1v) is 6.66. The number of benzene rings is 1. The third-order valence-electron chi connectivity index (χ3n) is 3.25. The third-order valence-corrected chi connectivity index (χ3v) is 3.50. The Labute approximate surface area is 125 Å². The van der Waals surface area contributed by atoms with Crippen LogP contribution in [0, 0.1) is 0 Å². The molecule has 0 amide bonds. The van der Waals surface area contributed by atoms with E-state index in [1.165, 1.54) is 10.9 Å². The Morgan fingerprint density at radius 3 is 2.52 bits per heavy atom. The first-order valence-electron chi connectivity index (χ1n) is 6.28. The fourth-order valence-electron chi connectivity index (χ4n) is 2.25. The lowest BCUT2D eigenvalue weighted by molar-refractivity contribution is 0.659. The quantitative estimate of drug-likeness (QED) is 0.662. The highest BCUT2D eigenvalue weighted by Gasteiger charge is 2.16. The maximum absolute atomic E-state index is 12.6. The van der Waals surface area contributed by atoms with Crippen LogP contribution in [0.15, 0.2) is 40.2 Å². The Hall–Kier alpha value is -2.28. The molecule has 2 radical (unpaired) electrons. The van der Waals surface area contributed by atoms with E-state index in [0.29, 0.717) is 10.7 Å². The molecular formula is C13H10BClN4O2. The fourth-order valence-corrected chi connectivity index (χ4v) is 2.38. The zero-order valence-corrected chi connectivity index (χ0v) is 11.9. The number of nitrogens with zero attached hydrogens (tertiary/aromatic N) is 4. The number of rotatable bonds is 2. The van der Waals surface area contributed by atoms with Crippen LogP contribution in [-0.2, 0) is 6.54 Å². The molecule has 0 bridgehead atoms. The molecule has 6 nitrogen and oxygen atoms in total. The minimum atomic E-state index is -0.468. The molecule has 2 aromatic heterocycles. The molecule has 0 aliphatic heterocycles. The molecule has 2 heterocycles. The van der Waals surface area contributed by atoms with Gasteiger partial charge >= 0.3 is 5.69 Å². The molecule has 0 spiro atoms. The summed E-state index contributed by atoms with van der Waals surface area (Å²) >= 11 is 5.87. The highest BCUT2D eigenvalue weighted by molar-refractivity contribution is 6.30. The van der Waals surface area contributed by atoms with E-state index in [9.17, 15) is 9.59 Å². The molecule has 0 atom stereocenters. The summed E-state index contributed by atoms with van der Waals surface area (Å²) in [4.78, 5) is 28.8. The summed E-state index contributed by atoms with van der Waals surface area (Å²) in [5.74, 6) is 0. The van der Waals surface area contributed by atoms with Crippen LogP contribution >= 0.6 is 11.6 Å². The van der Waals surface area contributed by atoms with E-state index in [-0.39, 0.29) is 17.7 Å². The summed E-state index contributed by atoms with van der Waals surface area (Å²) in [5.41, 5.74) is 0.0335. The number of imidazole rings is 1. The van der Waals surface area contributed by atoms with Crippen LogP contribution < -0.4 is 11.2 Å². The van der Waals surface area contributed by atoms with Crippen molar-refractivity contribution < 1.29 is 0 Å². The van der Waals surface area contributed by atoms with Gasteiger partial charge in [0.05, 0.1) is 12.0 Å². The van der Waals surface area contributed by atoms with Crippen molar-refractivity contribution in [2.45, 2.75) is 13.5 Å². The molecule has 0 aliphatic carbocycles. The third kappa shape index (κ3) is 2.01. The topological polar surface area (TPSA) is 61.8 Å². The largest absolute Gasteiger partial charge is 0.373 e. The second kappa shape index (κ2) is 4.93. The lowest BCUT2D eigenvalue weighted by Crippen LogP contribution is -2.39. The number of hydrogen-bond acceptors (Lipinski definition) is 3. The van der Waals surface area contributed by atoms with E-state index in [1.807, 2.05) is 0 Å². The van der Waals surface area contributed by atoms with Gasteiger partial charge in [0.2, 0.25) is 7.98 Å². The Balaban J connectivity index is 2.51. The number of aromatic nitrogens is 4. The molecule has 0 N–H and O–H groups in total. The maximum Gasteiger partial charge on any atom is 0.337 e. The highest BCUT2D eigenvalue weighted by Crippen LogP contribution is 2.15. The standard InChI is InChI=1S/C13H10BClN4O2/c1-2-17-12(20)10-11(18(14)7-16-10)19(13(17)21)9-5-3-8(15)4-6-9/h3-7H,2H2,1H3. The van der Waals surface area contributed by atoms with Crippen LogP contribution in [-0.4, -0.2) is 26.6 Å². The smallest absolute Gasteiger partial charge is 0.337 e. The van der Waals surface area contributed by atoms with Crippen molar-refractivity contribution in [3.05, 3.63) is 56.5 Å². The van der Waals surface area contributed by atoms with Gasteiger partial charge in [-0.1, -0.05) is 11.6 Å². The van der Waals surface area contributed by atoms with Gasteiger partial charge < -0.3 is 4.48 Å².